The maximum absolute atomic E-state index is 13.6. The summed E-state index contributed by atoms with van der Waals surface area (Å²) >= 11 is 5.94. The molecule has 0 spiro atoms. The molecule has 35 heteroatoms. The number of aliphatic hydroxyl groups excluding tert-OH is 1. The van der Waals surface area contributed by atoms with E-state index in [1.165, 1.54) is 106 Å². The van der Waals surface area contributed by atoms with Crippen LogP contribution >= 0.6 is 11.6 Å². The molecule has 704 valence electrons. The summed E-state index contributed by atoms with van der Waals surface area (Å²) in [5, 5.41) is 53.6. The van der Waals surface area contributed by atoms with Crippen molar-refractivity contribution in [3.05, 3.63) is 416 Å². The number of halogens is 4. The van der Waals surface area contributed by atoms with E-state index in [9.17, 15) is 66.2 Å². The molecule has 0 aliphatic heterocycles. The highest BCUT2D eigenvalue weighted by molar-refractivity contribution is 6.30. The molecule has 4 amide bonds. The zero-order chi connectivity index (χ0) is 98.9. The number of Topliss-reactive ketones (excluding diaryl/α,β-unsaturated/α-hetero) is 1. The highest BCUT2D eigenvalue weighted by Gasteiger charge is 2.30. The number of pyridine rings is 2. The third-order valence-corrected chi connectivity index (χ3v) is 23.1. The number of aromatic amines is 1. The smallest absolute Gasteiger partial charge is 0.388 e. The molecular formula is C104H90ClF3N16O15. The van der Waals surface area contributed by atoms with Crippen LogP contribution in [0.1, 0.15) is 126 Å². The number of hydroxylamine groups is 4. The van der Waals surface area contributed by atoms with Crippen LogP contribution in [0.25, 0.3) is 93.1 Å². The molecule has 0 saturated carbocycles. The number of aliphatic hydroxyl groups is 1. The molecule has 0 atom stereocenters. The Labute approximate surface area is 793 Å². The molecule has 0 saturated heterocycles. The van der Waals surface area contributed by atoms with Crippen LogP contribution in [0.3, 0.4) is 0 Å². The van der Waals surface area contributed by atoms with Gasteiger partial charge in [0.25, 0.3) is 51.4 Å². The molecule has 18 aromatic rings. The summed E-state index contributed by atoms with van der Waals surface area (Å²) in [4.78, 5) is 150. The fourth-order valence-corrected chi connectivity index (χ4v) is 15.4. The lowest BCUT2D eigenvalue weighted by atomic mass is 9.87. The van der Waals surface area contributed by atoms with Crippen molar-refractivity contribution >= 4 is 123 Å². The number of alkyl halides is 3. The summed E-state index contributed by atoms with van der Waals surface area (Å²) in [5.41, 5.74) is 13.7. The number of anilines is 1. The second kappa shape index (κ2) is 43.7. The largest absolute Gasteiger partial charge is 0.416 e. The molecule has 0 radical (unpaired) electrons. The molecule has 0 aliphatic rings. The topological polar surface area (TPSA) is 435 Å². The number of ketones is 1. The number of hydrogen-bond donors (Lipinski definition) is 11. The van der Waals surface area contributed by atoms with Crippen molar-refractivity contribution in [2.75, 3.05) is 25.0 Å². The molecule has 0 unspecified atom stereocenters. The average molecular weight is 1900 g/mol. The van der Waals surface area contributed by atoms with Gasteiger partial charge in [-0.2, -0.15) is 13.2 Å². The number of fused-ring (bicyclic) bond motifs is 7. The van der Waals surface area contributed by atoms with Gasteiger partial charge in [0.05, 0.1) is 92.9 Å². The lowest BCUT2D eigenvalue weighted by Gasteiger charge is -2.19. The van der Waals surface area contributed by atoms with Gasteiger partial charge >= 0.3 is 6.18 Å². The lowest BCUT2D eigenvalue weighted by Crippen LogP contribution is -2.25. The highest BCUT2D eigenvalue weighted by atomic mass is 35.5. The molecule has 11 N–H and O–H groups in total. The van der Waals surface area contributed by atoms with Gasteiger partial charge in [-0.15, -0.1) is 0 Å². The van der Waals surface area contributed by atoms with Crippen LogP contribution in [-0.4, -0.2) is 128 Å². The number of nitrogens with zero attached hydrogens (tertiary/aromatic N) is 10. The van der Waals surface area contributed by atoms with E-state index in [0.717, 1.165) is 69.0 Å². The zero-order valence-electron chi connectivity index (χ0n) is 75.2. The minimum absolute atomic E-state index is 0.000603. The van der Waals surface area contributed by atoms with Crippen molar-refractivity contribution in [2.45, 2.75) is 78.9 Å². The van der Waals surface area contributed by atoms with Gasteiger partial charge in [-0.05, 0) is 196 Å². The van der Waals surface area contributed by atoms with Gasteiger partial charge in [-0.3, -0.25) is 87.8 Å². The molecule has 0 bridgehead atoms. The van der Waals surface area contributed by atoms with E-state index in [2.05, 4.69) is 68.0 Å². The first-order valence-electron chi connectivity index (χ1n) is 43.4. The molecular weight excluding hydrogens is 1810 g/mol. The second-order valence-corrected chi connectivity index (χ2v) is 33.3. The van der Waals surface area contributed by atoms with E-state index in [0.29, 0.717) is 104 Å². The Morgan fingerprint density at radius 2 is 0.971 bits per heavy atom. The molecule has 139 heavy (non-hydrogen) atoms. The van der Waals surface area contributed by atoms with Crippen molar-refractivity contribution in [2.24, 2.45) is 0 Å². The SMILES string of the molecule is CC(C)(C)c1ccc(Cn2cnc3cc(C(=O)NO)ccc3c2=O)cc1.CCN(CC)Cc1nc2cc(C(=O)NO)ccc2c(=O)[nH]1.O=C(CO)c1ccc2c(=O)n(Cc3ccc(C(F)(F)F)cc3)c(-c3ccc4ccccc4c3)nc2c1.O=C(NO)c1ccc2c(=O)n(-c3ccccc3)c(NCc3ccc(Cl)cc3)nc2c1.O=C(NO)c1ccc2ccn(Cc3cccc4cccnc34)c(=O)c2c1. The number of aromatic nitrogens is 10. The van der Waals surface area contributed by atoms with E-state index in [1.54, 1.807) is 73.8 Å². The Morgan fingerprint density at radius 1 is 0.453 bits per heavy atom. The summed E-state index contributed by atoms with van der Waals surface area (Å²) in [6.45, 7) is 13.3. The van der Waals surface area contributed by atoms with Crippen molar-refractivity contribution in [1.82, 2.24) is 75.0 Å². The maximum Gasteiger partial charge on any atom is 0.416 e. The van der Waals surface area contributed by atoms with E-state index in [4.69, 9.17) is 37.4 Å². The standard InChI is InChI=1S/C28H19F3N2O3.C22H17ClN4O3.C20H15N3O3.C20H21N3O3.C14H18N4O3/c29-28(30,31)22-10-5-17(6-11-22)15-33-26(21-8-7-18-3-1-2-4-19(18)13-21)32-24-14-20(25(35)16-34)9-12-23(24)27(33)36;23-16-9-6-14(7-10-16)13-24-22-25-19-12-15(20(28)26-30)8-11-18(19)21(29)27(22)17-4-2-1-3-5-17;24-19(22-26)15-7-6-13-8-10-23(20(25)17(13)11-15)12-16-4-1-3-14-5-2-9-21-18(14)16;1-20(2,3)15-7-4-13(5-8-15)11-23-12-21-17-10-14(18(24)22-26)6-9-16(17)19(23)25;1-3-18(4-2)8-12-15-11-7-9(13(19)17-21)5-6-10(11)14(20)16-12/h1-14,34H,15-16H2;1-12,30H,13H2,(H,24,25)(H,26,28);1-11,26H,12H2,(H,22,24);4-10,12,26H,11H2,1-3H3,(H,22,24);5-7,21H,3-4,8H2,1-2H3,(H,17,19)(H,15,16,20). The van der Waals surface area contributed by atoms with Crippen LogP contribution in [0.4, 0.5) is 19.1 Å². The van der Waals surface area contributed by atoms with Crippen molar-refractivity contribution < 1.29 is 63.1 Å². The van der Waals surface area contributed by atoms with Crippen LogP contribution < -0.4 is 55.0 Å². The van der Waals surface area contributed by atoms with E-state index in [-0.39, 0.29) is 72.9 Å². The van der Waals surface area contributed by atoms with Gasteiger partial charge in [0.15, 0.2) is 5.78 Å². The zero-order valence-corrected chi connectivity index (χ0v) is 75.9. The second-order valence-electron chi connectivity index (χ2n) is 32.9. The van der Waals surface area contributed by atoms with Gasteiger partial charge in [-0.1, -0.05) is 186 Å². The van der Waals surface area contributed by atoms with Gasteiger partial charge in [0, 0.05) is 68.1 Å². The maximum atomic E-state index is 13.6. The van der Waals surface area contributed by atoms with Gasteiger partial charge < -0.3 is 20.0 Å². The Hall–Kier alpha value is -16.7. The van der Waals surface area contributed by atoms with Crippen LogP contribution in [0.5, 0.6) is 0 Å². The third kappa shape index (κ3) is 23.3. The molecule has 0 fully saturated rings. The molecule has 6 heterocycles. The number of benzene rings is 12. The molecule has 12 aromatic carbocycles. The fraction of sp³-hybridized carbons (Fsp3) is 0.144. The number of H-pyrrole nitrogens is 1. The number of nitrogens with one attached hydrogen (secondary N) is 6. The Balaban J connectivity index is 0.000000140. The van der Waals surface area contributed by atoms with Crippen LogP contribution in [0.15, 0.2) is 316 Å². The van der Waals surface area contributed by atoms with E-state index >= 15 is 0 Å². The summed E-state index contributed by atoms with van der Waals surface area (Å²) in [6, 6.07) is 76.7. The predicted octanol–water partition coefficient (Wildman–Crippen LogP) is 15.7. The summed E-state index contributed by atoms with van der Waals surface area (Å²) in [6.07, 6.45) is 0.482. The fourth-order valence-electron chi connectivity index (χ4n) is 15.3. The van der Waals surface area contributed by atoms with E-state index in [1.807, 2.05) is 147 Å². The number of hydrogen-bond acceptors (Lipinski definition) is 22. The first-order chi connectivity index (χ1) is 66.8. The third-order valence-electron chi connectivity index (χ3n) is 22.8. The molecule has 31 nitrogen and oxygen atoms in total. The van der Waals surface area contributed by atoms with E-state index < -0.39 is 53.3 Å². The Morgan fingerprint density at radius 3 is 1.59 bits per heavy atom. The minimum Gasteiger partial charge on any atom is -0.388 e. The van der Waals surface area contributed by atoms with Gasteiger partial charge in [0.2, 0.25) is 5.95 Å². The number of rotatable bonds is 21. The normalized spacial score (nSPS) is 11.2. The minimum atomic E-state index is -4.46. The van der Waals surface area contributed by atoms with Crippen molar-refractivity contribution in [3.8, 4) is 17.1 Å². The number of carbonyl (C=O) groups is 5. The lowest BCUT2D eigenvalue weighted by molar-refractivity contribution is -0.137. The first-order valence-corrected chi connectivity index (χ1v) is 43.8. The van der Waals surface area contributed by atoms with Crippen molar-refractivity contribution in [3.63, 3.8) is 0 Å². The van der Waals surface area contributed by atoms with Crippen LogP contribution in [0.2, 0.25) is 5.02 Å². The molecule has 6 aromatic heterocycles. The monoisotopic (exact) mass is 1890 g/mol. The van der Waals surface area contributed by atoms with Crippen LogP contribution in [0, 0.1) is 0 Å². The van der Waals surface area contributed by atoms with Crippen molar-refractivity contribution in [1.29, 1.82) is 0 Å². The number of carbonyl (C=O) groups excluding carboxylic acids is 5. The predicted molar refractivity (Wildman–Crippen MR) is 522 cm³/mol. The summed E-state index contributed by atoms with van der Waals surface area (Å²) < 4.78 is 45.1. The quantitative estimate of drug-likeness (QED) is 0.0181. The number of amides is 4. The Bertz CT molecular complexity index is 8010. The average Bonchev–Trinajstić information content (AvgIpc) is 0.760. The van der Waals surface area contributed by atoms with Gasteiger partial charge in [-0.25, -0.2) is 46.4 Å². The summed E-state index contributed by atoms with van der Waals surface area (Å²) in [5.74, 6) is -1.91. The first kappa shape index (κ1) is 98.3. The number of para-hydroxylation sites is 2. The Kier molecular flexibility index (Phi) is 30.9. The molecule has 18 rings (SSSR count). The molecule has 0 aliphatic carbocycles. The highest BCUT2D eigenvalue weighted by Crippen LogP contribution is 2.32. The van der Waals surface area contributed by atoms with Gasteiger partial charge in [0.1, 0.15) is 18.3 Å². The van der Waals surface area contributed by atoms with Crippen LogP contribution in [-0.2, 0) is 44.3 Å². The summed E-state index contributed by atoms with van der Waals surface area (Å²) in [7, 11) is 0.